The summed E-state index contributed by atoms with van der Waals surface area (Å²) in [7, 11) is 0. The monoisotopic (exact) mass is 288 g/mol. The third-order valence-electron chi connectivity index (χ3n) is 2.89. The topological polar surface area (TPSA) is 61.4 Å². The second kappa shape index (κ2) is 5.89. The minimum Gasteiger partial charge on any atom is -0.392 e. The molecule has 2 rings (SSSR count). The number of amides is 1. The van der Waals surface area contributed by atoms with Crippen LogP contribution in [0, 0.1) is 0 Å². The molecule has 1 amide bonds. The molecule has 1 aliphatic heterocycles. The van der Waals surface area contributed by atoms with Crippen LogP contribution < -0.4 is 10.6 Å². The van der Waals surface area contributed by atoms with E-state index >= 15 is 0 Å². The highest BCUT2D eigenvalue weighted by molar-refractivity contribution is 6.35. The summed E-state index contributed by atoms with van der Waals surface area (Å²) in [5, 5.41) is 16.2. The molecule has 98 valence electrons. The molecule has 0 spiro atoms. The first-order chi connectivity index (χ1) is 8.56. The molecule has 1 fully saturated rings. The van der Waals surface area contributed by atoms with Gasteiger partial charge in [0.05, 0.1) is 12.1 Å². The second-order valence-corrected chi connectivity index (χ2v) is 5.15. The number of rotatable bonds is 3. The highest BCUT2D eigenvalue weighted by atomic mass is 35.5. The molecule has 4 nitrogen and oxygen atoms in total. The Balaban J connectivity index is 1.89. The van der Waals surface area contributed by atoms with E-state index in [0.717, 1.165) is 5.56 Å². The van der Waals surface area contributed by atoms with Crippen LogP contribution >= 0.6 is 23.2 Å². The average Bonchev–Trinajstić information content (AvgIpc) is 2.74. The maximum atomic E-state index is 11.8. The molecule has 1 aliphatic rings. The molecule has 1 heterocycles. The Morgan fingerprint density at radius 1 is 1.50 bits per heavy atom. The zero-order valence-corrected chi connectivity index (χ0v) is 11.1. The van der Waals surface area contributed by atoms with Gasteiger partial charge in [0, 0.05) is 23.1 Å². The third kappa shape index (κ3) is 3.36. The van der Waals surface area contributed by atoms with Gasteiger partial charge in [-0.15, -0.1) is 0 Å². The zero-order chi connectivity index (χ0) is 13.1. The smallest absolute Gasteiger partial charge is 0.237 e. The lowest BCUT2D eigenvalue weighted by molar-refractivity contribution is -0.123. The van der Waals surface area contributed by atoms with Crippen molar-refractivity contribution >= 4 is 29.1 Å². The van der Waals surface area contributed by atoms with Gasteiger partial charge in [0.2, 0.25) is 5.91 Å². The van der Waals surface area contributed by atoms with E-state index < -0.39 is 6.10 Å². The molecule has 2 atom stereocenters. The Hall–Kier alpha value is -0.810. The summed E-state index contributed by atoms with van der Waals surface area (Å²) in [5.74, 6) is -0.127. The van der Waals surface area contributed by atoms with Crippen molar-refractivity contribution in [2.24, 2.45) is 0 Å². The van der Waals surface area contributed by atoms with E-state index in [-0.39, 0.29) is 11.9 Å². The van der Waals surface area contributed by atoms with E-state index in [1.807, 2.05) is 0 Å². The number of hydrogen-bond donors (Lipinski definition) is 3. The minimum atomic E-state index is -0.445. The van der Waals surface area contributed by atoms with Crippen LogP contribution in [-0.4, -0.2) is 29.7 Å². The van der Waals surface area contributed by atoms with Crippen LogP contribution in [-0.2, 0) is 11.3 Å². The van der Waals surface area contributed by atoms with Gasteiger partial charge >= 0.3 is 0 Å². The van der Waals surface area contributed by atoms with Gasteiger partial charge in [-0.25, -0.2) is 0 Å². The Bertz CT molecular complexity index is 454. The van der Waals surface area contributed by atoms with Crippen LogP contribution in [0.2, 0.25) is 10.0 Å². The molecule has 1 saturated heterocycles. The van der Waals surface area contributed by atoms with Crippen molar-refractivity contribution < 1.29 is 9.90 Å². The lowest BCUT2D eigenvalue weighted by Crippen LogP contribution is -2.40. The fourth-order valence-corrected chi connectivity index (χ4v) is 2.36. The van der Waals surface area contributed by atoms with Crippen molar-refractivity contribution in [3.63, 3.8) is 0 Å². The van der Waals surface area contributed by atoms with Crippen molar-refractivity contribution in [2.45, 2.75) is 25.1 Å². The number of carbonyl (C=O) groups excluding carboxylic acids is 1. The van der Waals surface area contributed by atoms with Crippen LogP contribution in [0.3, 0.4) is 0 Å². The van der Waals surface area contributed by atoms with Crippen LogP contribution in [0.15, 0.2) is 18.2 Å². The van der Waals surface area contributed by atoms with Crippen molar-refractivity contribution in [3.8, 4) is 0 Å². The molecule has 0 saturated carbocycles. The quantitative estimate of drug-likeness (QED) is 0.787. The van der Waals surface area contributed by atoms with Crippen LogP contribution in [0.5, 0.6) is 0 Å². The third-order valence-corrected chi connectivity index (χ3v) is 3.48. The number of aliphatic hydroxyl groups is 1. The molecule has 3 N–H and O–H groups in total. The summed E-state index contributed by atoms with van der Waals surface area (Å²) in [4.78, 5) is 11.8. The molecule has 0 radical (unpaired) electrons. The molecular weight excluding hydrogens is 275 g/mol. The van der Waals surface area contributed by atoms with Gasteiger partial charge < -0.3 is 15.7 Å². The minimum absolute atomic E-state index is 0.127. The standard InChI is InChI=1S/C12H14Cl2N2O2/c13-8-2-1-7(10(14)3-8)5-16-12(18)11-4-9(17)6-15-11/h1-3,9,11,15,17H,4-6H2,(H,16,18)/t9-,11+/m0/s1. The van der Waals surface area contributed by atoms with Gasteiger partial charge in [0.1, 0.15) is 0 Å². The van der Waals surface area contributed by atoms with E-state index in [4.69, 9.17) is 23.2 Å². The highest BCUT2D eigenvalue weighted by Crippen LogP contribution is 2.20. The Labute approximate surface area is 115 Å². The molecule has 1 aromatic carbocycles. The number of benzene rings is 1. The Morgan fingerprint density at radius 2 is 2.28 bits per heavy atom. The van der Waals surface area contributed by atoms with E-state index in [2.05, 4.69) is 10.6 Å². The van der Waals surface area contributed by atoms with Gasteiger partial charge in [-0.1, -0.05) is 29.3 Å². The number of hydrogen-bond acceptors (Lipinski definition) is 3. The lowest BCUT2D eigenvalue weighted by Gasteiger charge is -2.11. The first-order valence-electron chi connectivity index (χ1n) is 5.69. The molecule has 6 heteroatoms. The summed E-state index contributed by atoms with van der Waals surface area (Å²) in [6.07, 6.45) is 0.0000614. The summed E-state index contributed by atoms with van der Waals surface area (Å²) >= 11 is 11.8. The second-order valence-electron chi connectivity index (χ2n) is 4.30. The van der Waals surface area contributed by atoms with Crippen molar-refractivity contribution in [1.29, 1.82) is 0 Å². The van der Waals surface area contributed by atoms with E-state index in [0.29, 0.717) is 29.6 Å². The summed E-state index contributed by atoms with van der Waals surface area (Å²) in [6.45, 7) is 0.808. The van der Waals surface area contributed by atoms with Gasteiger partial charge in [0.25, 0.3) is 0 Å². The van der Waals surface area contributed by atoms with E-state index in [9.17, 15) is 9.90 Å². The average molecular weight is 289 g/mol. The van der Waals surface area contributed by atoms with Crippen LogP contribution in [0.25, 0.3) is 0 Å². The van der Waals surface area contributed by atoms with E-state index in [1.165, 1.54) is 0 Å². The molecule has 18 heavy (non-hydrogen) atoms. The first-order valence-corrected chi connectivity index (χ1v) is 6.45. The fraction of sp³-hybridized carbons (Fsp3) is 0.417. The molecule has 0 bridgehead atoms. The summed E-state index contributed by atoms with van der Waals surface area (Å²) in [6, 6.07) is 4.82. The highest BCUT2D eigenvalue weighted by Gasteiger charge is 2.27. The molecule has 0 aromatic heterocycles. The predicted molar refractivity (Wildman–Crippen MR) is 70.7 cm³/mol. The Morgan fingerprint density at radius 3 is 2.89 bits per heavy atom. The number of β-amino-alcohol motifs (C(OH)–C–C–N with tert-alkyl or cyclic N) is 1. The summed E-state index contributed by atoms with van der Waals surface area (Å²) < 4.78 is 0. The van der Waals surface area contributed by atoms with E-state index in [1.54, 1.807) is 18.2 Å². The molecular formula is C12H14Cl2N2O2. The van der Waals surface area contributed by atoms with Crippen molar-refractivity contribution in [2.75, 3.05) is 6.54 Å². The van der Waals surface area contributed by atoms with Crippen molar-refractivity contribution in [3.05, 3.63) is 33.8 Å². The normalized spacial score (nSPS) is 23.1. The fourth-order valence-electron chi connectivity index (χ4n) is 1.89. The first kappa shape index (κ1) is 13.6. The van der Waals surface area contributed by atoms with Crippen molar-refractivity contribution in [1.82, 2.24) is 10.6 Å². The summed E-state index contributed by atoms with van der Waals surface area (Å²) in [5.41, 5.74) is 0.813. The maximum absolute atomic E-state index is 11.8. The van der Waals surface area contributed by atoms with Gasteiger partial charge in [0.15, 0.2) is 0 Å². The zero-order valence-electron chi connectivity index (χ0n) is 9.62. The predicted octanol–water partition coefficient (Wildman–Crippen LogP) is 1.33. The van der Waals surface area contributed by atoms with Gasteiger partial charge in [-0.2, -0.15) is 0 Å². The number of halogens is 2. The maximum Gasteiger partial charge on any atom is 0.237 e. The lowest BCUT2D eigenvalue weighted by atomic mass is 10.2. The number of nitrogens with one attached hydrogen (secondary N) is 2. The number of aliphatic hydroxyl groups excluding tert-OH is 1. The molecule has 1 aromatic rings. The number of carbonyl (C=O) groups is 1. The van der Waals surface area contributed by atoms with Crippen LogP contribution in [0.1, 0.15) is 12.0 Å². The molecule has 0 aliphatic carbocycles. The SMILES string of the molecule is O=C(NCc1ccc(Cl)cc1Cl)[C@H]1C[C@H](O)CN1. The Kier molecular flexibility index (Phi) is 4.45. The molecule has 0 unspecified atom stereocenters. The van der Waals surface area contributed by atoms with Gasteiger partial charge in [-0.3, -0.25) is 4.79 Å². The van der Waals surface area contributed by atoms with Crippen LogP contribution in [0.4, 0.5) is 0 Å². The largest absolute Gasteiger partial charge is 0.392 e. The van der Waals surface area contributed by atoms with Gasteiger partial charge in [-0.05, 0) is 24.1 Å².